The molecule has 0 aliphatic rings. The Kier molecular flexibility index (Phi) is 3.07. The van der Waals surface area contributed by atoms with Gasteiger partial charge in [0, 0.05) is 17.1 Å². The number of aromatic nitrogens is 1. The van der Waals surface area contributed by atoms with Crippen LogP contribution in [0.25, 0.3) is 5.69 Å². The number of rotatable bonds is 2. The molecule has 17 heavy (non-hydrogen) atoms. The fourth-order valence-corrected chi connectivity index (χ4v) is 2.47. The molecular formula is C15H19NO. The lowest BCUT2D eigenvalue weighted by molar-refractivity contribution is 0.281. The molecule has 2 nitrogen and oxygen atoms in total. The van der Waals surface area contributed by atoms with E-state index in [0.29, 0.717) is 0 Å². The molecule has 0 aliphatic heterocycles. The molecule has 0 unspecified atom stereocenters. The highest BCUT2D eigenvalue weighted by molar-refractivity contribution is 5.44. The van der Waals surface area contributed by atoms with Crippen LogP contribution in [0, 0.1) is 27.7 Å². The van der Waals surface area contributed by atoms with E-state index in [1.165, 1.54) is 16.8 Å². The summed E-state index contributed by atoms with van der Waals surface area (Å²) in [5, 5.41) is 9.30. The van der Waals surface area contributed by atoms with Gasteiger partial charge in [-0.2, -0.15) is 0 Å². The first-order chi connectivity index (χ1) is 8.02. The van der Waals surface area contributed by atoms with E-state index in [1.54, 1.807) is 0 Å². The second-order valence-corrected chi connectivity index (χ2v) is 4.74. The standard InChI is InChI=1S/C15H19NO/c1-10-5-11(2)7-15(6-10)16-12(3)8-14(9-17)13(16)4/h5-8,17H,9H2,1-4H3. The number of aliphatic hydroxyl groups excluding tert-OH is 1. The first-order valence-electron chi connectivity index (χ1n) is 5.90. The van der Waals surface area contributed by atoms with Crippen LogP contribution in [-0.4, -0.2) is 9.67 Å². The average molecular weight is 229 g/mol. The molecule has 1 N–H and O–H groups in total. The second-order valence-electron chi connectivity index (χ2n) is 4.74. The van der Waals surface area contributed by atoms with Gasteiger partial charge >= 0.3 is 0 Å². The van der Waals surface area contributed by atoms with E-state index in [2.05, 4.69) is 50.5 Å². The molecule has 1 aromatic heterocycles. The van der Waals surface area contributed by atoms with Crippen molar-refractivity contribution in [3.63, 3.8) is 0 Å². The van der Waals surface area contributed by atoms with E-state index in [1.807, 2.05) is 6.07 Å². The van der Waals surface area contributed by atoms with Gasteiger partial charge in [-0.15, -0.1) is 0 Å². The van der Waals surface area contributed by atoms with E-state index in [4.69, 9.17) is 0 Å². The number of aryl methyl sites for hydroxylation is 3. The molecule has 1 aromatic carbocycles. The SMILES string of the molecule is Cc1cc(C)cc(-n2c(C)cc(CO)c2C)c1. The Bertz CT molecular complexity index is 532. The summed E-state index contributed by atoms with van der Waals surface area (Å²) < 4.78 is 2.20. The molecule has 0 saturated carbocycles. The molecule has 0 atom stereocenters. The maximum absolute atomic E-state index is 9.30. The van der Waals surface area contributed by atoms with Gasteiger partial charge in [-0.05, 0) is 62.6 Å². The fraction of sp³-hybridized carbons (Fsp3) is 0.333. The highest BCUT2D eigenvalue weighted by Gasteiger charge is 2.10. The minimum Gasteiger partial charge on any atom is -0.392 e. The van der Waals surface area contributed by atoms with Crippen molar-refractivity contribution in [2.45, 2.75) is 34.3 Å². The zero-order valence-corrected chi connectivity index (χ0v) is 10.9. The number of benzene rings is 1. The molecule has 90 valence electrons. The molecule has 0 bridgehead atoms. The van der Waals surface area contributed by atoms with Crippen LogP contribution in [0.1, 0.15) is 28.1 Å². The normalized spacial score (nSPS) is 10.9. The molecule has 1 heterocycles. The van der Waals surface area contributed by atoms with E-state index < -0.39 is 0 Å². The van der Waals surface area contributed by atoms with Crippen LogP contribution in [0.15, 0.2) is 24.3 Å². The van der Waals surface area contributed by atoms with Crippen LogP contribution in [0.4, 0.5) is 0 Å². The molecule has 2 rings (SSSR count). The van der Waals surface area contributed by atoms with Crippen LogP contribution in [-0.2, 0) is 6.61 Å². The van der Waals surface area contributed by atoms with Gasteiger partial charge in [0.25, 0.3) is 0 Å². The van der Waals surface area contributed by atoms with Crippen molar-refractivity contribution in [1.82, 2.24) is 4.57 Å². The number of aliphatic hydroxyl groups is 1. The molecule has 0 spiro atoms. The fourth-order valence-electron chi connectivity index (χ4n) is 2.47. The van der Waals surface area contributed by atoms with Crippen LogP contribution >= 0.6 is 0 Å². The van der Waals surface area contributed by atoms with Gasteiger partial charge in [-0.3, -0.25) is 0 Å². The van der Waals surface area contributed by atoms with Gasteiger partial charge < -0.3 is 9.67 Å². The zero-order valence-electron chi connectivity index (χ0n) is 10.9. The summed E-state index contributed by atoms with van der Waals surface area (Å²) in [5.74, 6) is 0. The summed E-state index contributed by atoms with van der Waals surface area (Å²) in [5.41, 5.74) is 6.99. The van der Waals surface area contributed by atoms with E-state index in [9.17, 15) is 5.11 Å². The summed E-state index contributed by atoms with van der Waals surface area (Å²) in [7, 11) is 0. The molecule has 0 saturated heterocycles. The lowest BCUT2D eigenvalue weighted by Gasteiger charge is -2.12. The predicted molar refractivity (Wildman–Crippen MR) is 70.6 cm³/mol. The largest absolute Gasteiger partial charge is 0.392 e. The first-order valence-corrected chi connectivity index (χ1v) is 5.90. The third-order valence-corrected chi connectivity index (χ3v) is 3.17. The van der Waals surface area contributed by atoms with Gasteiger partial charge in [0.2, 0.25) is 0 Å². The second kappa shape index (κ2) is 4.38. The van der Waals surface area contributed by atoms with Crippen molar-refractivity contribution in [1.29, 1.82) is 0 Å². The molecule has 0 aliphatic carbocycles. The number of hydrogen-bond acceptors (Lipinski definition) is 1. The Morgan fingerprint density at radius 2 is 1.53 bits per heavy atom. The molecule has 0 amide bonds. The highest BCUT2D eigenvalue weighted by Crippen LogP contribution is 2.22. The van der Waals surface area contributed by atoms with Crippen molar-refractivity contribution in [3.8, 4) is 5.69 Å². The van der Waals surface area contributed by atoms with Gasteiger partial charge in [0.1, 0.15) is 0 Å². The zero-order chi connectivity index (χ0) is 12.6. The van der Waals surface area contributed by atoms with Gasteiger partial charge in [0.05, 0.1) is 6.61 Å². The van der Waals surface area contributed by atoms with Crippen LogP contribution in [0.5, 0.6) is 0 Å². The Balaban J connectivity index is 2.63. The molecule has 0 fully saturated rings. The van der Waals surface area contributed by atoms with E-state index in [-0.39, 0.29) is 6.61 Å². The summed E-state index contributed by atoms with van der Waals surface area (Å²) in [6.45, 7) is 8.44. The lowest BCUT2D eigenvalue weighted by Crippen LogP contribution is -2.00. The summed E-state index contributed by atoms with van der Waals surface area (Å²) in [4.78, 5) is 0. The van der Waals surface area contributed by atoms with Crippen molar-refractivity contribution in [2.75, 3.05) is 0 Å². The minimum absolute atomic E-state index is 0.102. The Morgan fingerprint density at radius 3 is 2.00 bits per heavy atom. The smallest absolute Gasteiger partial charge is 0.0699 e. The average Bonchev–Trinajstić information content (AvgIpc) is 2.52. The van der Waals surface area contributed by atoms with E-state index in [0.717, 1.165) is 17.0 Å². The Hall–Kier alpha value is -1.54. The monoisotopic (exact) mass is 229 g/mol. The summed E-state index contributed by atoms with van der Waals surface area (Å²) in [6, 6.07) is 8.57. The maximum Gasteiger partial charge on any atom is 0.0699 e. The third kappa shape index (κ3) is 2.13. The van der Waals surface area contributed by atoms with Gasteiger partial charge in [-0.1, -0.05) is 6.07 Å². The topological polar surface area (TPSA) is 25.2 Å². The van der Waals surface area contributed by atoms with Gasteiger partial charge in [-0.25, -0.2) is 0 Å². The van der Waals surface area contributed by atoms with Crippen LogP contribution < -0.4 is 0 Å². The molecule has 0 radical (unpaired) electrons. The number of nitrogens with zero attached hydrogens (tertiary/aromatic N) is 1. The predicted octanol–water partition coefficient (Wildman–Crippen LogP) is 3.20. The first kappa shape index (κ1) is 11.9. The quantitative estimate of drug-likeness (QED) is 0.840. The maximum atomic E-state index is 9.30. The van der Waals surface area contributed by atoms with E-state index >= 15 is 0 Å². The van der Waals surface area contributed by atoms with Crippen molar-refractivity contribution < 1.29 is 5.11 Å². The van der Waals surface area contributed by atoms with Crippen molar-refractivity contribution in [2.24, 2.45) is 0 Å². The lowest BCUT2D eigenvalue weighted by atomic mass is 10.1. The Morgan fingerprint density at radius 1 is 0.941 bits per heavy atom. The summed E-state index contributed by atoms with van der Waals surface area (Å²) >= 11 is 0. The molecule has 2 heteroatoms. The van der Waals surface area contributed by atoms with Crippen LogP contribution in [0.2, 0.25) is 0 Å². The third-order valence-electron chi connectivity index (χ3n) is 3.17. The highest BCUT2D eigenvalue weighted by atomic mass is 16.3. The van der Waals surface area contributed by atoms with Gasteiger partial charge in [0.15, 0.2) is 0 Å². The summed E-state index contributed by atoms with van der Waals surface area (Å²) in [6.07, 6.45) is 0. The molecular weight excluding hydrogens is 210 g/mol. The van der Waals surface area contributed by atoms with Crippen LogP contribution in [0.3, 0.4) is 0 Å². The number of hydrogen-bond donors (Lipinski definition) is 1. The Labute approximate surface area is 103 Å². The molecule has 2 aromatic rings. The van der Waals surface area contributed by atoms with Crippen molar-refractivity contribution >= 4 is 0 Å². The van der Waals surface area contributed by atoms with Crippen molar-refractivity contribution in [3.05, 3.63) is 52.3 Å². The minimum atomic E-state index is 0.102.